The molecule has 0 fully saturated rings. The zero-order valence-electron chi connectivity index (χ0n) is 29.2. The normalized spacial score (nSPS) is 9.77. The van der Waals surface area contributed by atoms with E-state index in [9.17, 15) is 4.79 Å². The number of hydrogen-bond donors (Lipinski definition) is 0. The summed E-state index contributed by atoms with van der Waals surface area (Å²) in [4.78, 5) is 12.3. The summed E-state index contributed by atoms with van der Waals surface area (Å²) in [6, 6.07) is 52.6. The molecule has 0 aliphatic heterocycles. The van der Waals surface area contributed by atoms with Crippen LogP contribution in [-0.4, -0.2) is 4.57 Å². The van der Waals surface area contributed by atoms with Crippen LogP contribution in [0.4, 0.5) is 0 Å². The summed E-state index contributed by atoms with van der Waals surface area (Å²) in [5.74, 6) is 0. The van der Waals surface area contributed by atoms with Crippen LogP contribution in [-0.2, 0) is 6.54 Å². The Kier molecular flexibility index (Phi) is 15.3. The summed E-state index contributed by atoms with van der Waals surface area (Å²) in [5.41, 5.74) is 6.83. The zero-order chi connectivity index (χ0) is 34.7. The highest BCUT2D eigenvalue weighted by molar-refractivity contribution is 5.93. The van der Waals surface area contributed by atoms with E-state index in [1.54, 1.807) is 0 Å². The van der Waals surface area contributed by atoms with Gasteiger partial charge in [0.25, 0.3) is 0 Å². The molecule has 0 unspecified atom stereocenters. The van der Waals surface area contributed by atoms with Crippen LogP contribution < -0.4 is 5.43 Å². The van der Waals surface area contributed by atoms with E-state index in [-0.39, 0.29) is 5.43 Å². The molecular weight excluding hydrogens is 583 g/mol. The number of pyridine rings is 1. The molecule has 244 valence electrons. The van der Waals surface area contributed by atoms with Crippen molar-refractivity contribution in [1.82, 2.24) is 4.57 Å². The van der Waals surface area contributed by atoms with Crippen molar-refractivity contribution in [3.8, 4) is 0 Å². The fourth-order valence-electron chi connectivity index (χ4n) is 5.00. The number of nitrogens with zero attached hydrogens (tertiary/aromatic N) is 1. The minimum Gasteiger partial charge on any atom is -0.341 e. The second kappa shape index (κ2) is 19.9. The summed E-state index contributed by atoms with van der Waals surface area (Å²) in [7, 11) is 0. The largest absolute Gasteiger partial charge is 0.341 e. The Morgan fingerprint density at radius 3 is 1.06 bits per heavy atom. The molecule has 2 heteroatoms. The third-order valence-corrected chi connectivity index (χ3v) is 7.39. The third kappa shape index (κ3) is 10.8. The standard InChI is InChI=1S/C15H13NO.C10H8.2C9H10.C3H8/c1-2-16-13-9-5-3-7-11(13)15(17)12-8-4-6-10-14(12)16;1-2-6-10-8-4-3-7-9(10)5-1;2*1-8(2)9-6-4-3-5-7-9;1-3-2/h3-10H,2H2,1H3;1-8H;2*3-7H,1H2,2H3;3H2,1-2H3. The maximum absolute atomic E-state index is 12.3. The Morgan fingerprint density at radius 2 is 0.771 bits per heavy atom. The molecule has 0 amide bonds. The van der Waals surface area contributed by atoms with Gasteiger partial charge in [0.05, 0.1) is 11.0 Å². The van der Waals surface area contributed by atoms with Crippen molar-refractivity contribution in [2.45, 2.75) is 47.6 Å². The second-order valence-electron chi connectivity index (χ2n) is 11.5. The van der Waals surface area contributed by atoms with Crippen LogP contribution >= 0.6 is 0 Å². The van der Waals surface area contributed by atoms with Crippen LogP contribution in [0, 0.1) is 0 Å². The van der Waals surface area contributed by atoms with E-state index in [1.165, 1.54) is 28.3 Å². The van der Waals surface area contributed by atoms with Gasteiger partial charge in [0.1, 0.15) is 0 Å². The molecule has 0 radical (unpaired) electrons. The van der Waals surface area contributed by atoms with Gasteiger partial charge in [0, 0.05) is 17.3 Å². The molecule has 1 heterocycles. The summed E-state index contributed by atoms with van der Waals surface area (Å²) in [6.45, 7) is 18.9. The van der Waals surface area contributed by atoms with Crippen molar-refractivity contribution in [3.05, 3.63) is 192 Å². The lowest BCUT2D eigenvalue weighted by molar-refractivity contribution is 0.821. The smallest absolute Gasteiger partial charge is 0.197 e. The molecule has 0 aliphatic rings. The van der Waals surface area contributed by atoms with E-state index in [0.717, 1.165) is 39.5 Å². The van der Waals surface area contributed by atoms with Gasteiger partial charge in [0.2, 0.25) is 0 Å². The van der Waals surface area contributed by atoms with Crippen molar-refractivity contribution >= 4 is 43.7 Å². The first kappa shape index (κ1) is 37.0. The molecule has 2 nitrogen and oxygen atoms in total. The average molecular weight is 632 g/mol. The highest BCUT2D eigenvalue weighted by Gasteiger charge is 2.08. The van der Waals surface area contributed by atoms with Crippen molar-refractivity contribution in [2.24, 2.45) is 0 Å². The van der Waals surface area contributed by atoms with E-state index in [4.69, 9.17) is 0 Å². The monoisotopic (exact) mass is 631 g/mol. The van der Waals surface area contributed by atoms with Gasteiger partial charge in [-0.05, 0) is 66.9 Å². The molecule has 0 N–H and O–H groups in total. The van der Waals surface area contributed by atoms with E-state index in [1.807, 2.05) is 98.8 Å². The minimum absolute atomic E-state index is 0.126. The molecule has 0 saturated heterocycles. The molecule has 7 rings (SSSR count). The Labute approximate surface area is 287 Å². The molecule has 7 aromatic rings. The van der Waals surface area contributed by atoms with Crippen molar-refractivity contribution in [2.75, 3.05) is 0 Å². The number of allylic oxidation sites excluding steroid dienone is 2. The molecule has 48 heavy (non-hydrogen) atoms. The number of benzene rings is 6. The molecule has 0 atom stereocenters. The number of aromatic nitrogens is 1. The molecule has 1 aromatic heterocycles. The van der Waals surface area contributed by atoms with Gasteiger partial charge in [-0.15, -0.1) is 0 Å². The predicted molar refractivity (Wildman–Crippen MR) is 214 cm³/mol. The lowest BCUT2D eigenvalue weighted by Crippen LogP contribution is -2.10. The lowest BCUT2D eigenvalue weighted by Gasteiger charge is -2.12. The van der Waals surface area contributed by atoms with E-state index >= 15 is 0 Å². The van der Waals surface area contributed by atoms with Crippen LogP contribution in [0.25, 0.3) is 43.7 Å². The second-order valence-corrected chi connectivity index (χ2v) is 11.5. The first-order chi connectivity index (χ1) is 23.3. The zero-order valence-corrected chi connectivity index (χ0v) is 29.2. The number of fused-ring (bicyclic) bond motifs is 3. The Balaban J connectivity index is 0.000000176. The number of rotatable bonds is 3. The minimum atomic E-state index is 0.126. The van der Waals surface area contributed by atoms with Crippen molar-refractivity contribution in [1.29, 1.82) is 0 Å². The third-order valence-electron chi connectivity index (χ3n) is 7.39. The van der Waals surface area contributed by atoms with Gasteiger partial charge in [-0.25, -0.2) is 0 Å². The molecule has 0 aliphatic carbocycles. The lowest BCUT2D eigenvalue weighted by atomic mass is 10.1. The highest BCUT2D eigenvalue weighted by Crippen LogP contribution is 2.18. The number of hydrogen-bond acceptors (Lipinski definition) is 1. The SMILES string of the molecule is C=C(C)c1ccccc1.C=C(C)c1ccccc1.CCC.CCn1c2ccccc2c(=O)c2ccccc21.c1ccc2ccccc2c1. The van der Waals surface area contributed by atoms with Crippen LogP contribution in [0.15, 0.2) is 176 Å². The number of aryl methyl sites for hydroxylation is 1. The van der Waals surface area contributed by atoms with Gasteiger partial charge < -0.3 is 4.57 Å². The molecule has 6 aromatic carbocycles. The van der Waals surface area contributed by atoms with Gasteiger partial charge in [-0.3, -0.25) is 4.79 Å². The maximum atomic E-state index is 12.3. The van der Waals surface area contributed by atoms with E-state index in [0.29, 0.717) is 0 Å². The van der Waals surface area contributed by atoms with Gasteiger partial charge >= 0.3 is 0 Å². The Hall–Kier alpha value is -5.47. The number of para-hydroxylation sites is 2. The topological polar surface area (TPSA) is 22.0 Å². The summed E-state index contributed by atoms with van der Waals surface area (Å²) in [6.07, 6.45) is 1.25. The van der Waals surface area contributed by atoms with Gasteiger partial charge in [-0.1, -0.05) is 178 Å². The van der Waals surface area contributed by atoms with Crippen molar-refractivity contribution < 1.29 is 0 Å². The molecular formula is C46H49NO. The quantitative estimate of drug-likeness (QED) is 0.178. The Morgan fingerprint density at radius 1 is 0.479 bits per heavy atom. The fraction of sp³-hybridized carbons (Fsp3) is 0.152. The first-order valence-electron chi connectivity index (χ1n) is 16.7. The van der Waals surface area contributed by atoms with Crippen LogP contribution in [0.2, 0.25) is 0 Å². The Bertz CT molecular complexity index is 1900. The molecule has 0 bridgehead atoms. The maximum Gasteiger partial charge on any atom is 0.197 e. The van der Waals surface area contributed by atoms with E-state index < -0.39 is 0 Å². The average Bonchev–Trinajstić information content (AvgIpc) is 3.14. The van der Waals surface area contributed by atoms with Crippen LogP contribution in [0.5, 0.6) is 0 Å². The van der Waals surface area contributed by atoms with Crippen LogP contribution in [0.3, 0.4) is 0 Å². The van der Waals surface area contributed by atoms with E-state index in [2.05, 4.69) is 111 Å². The first-order valence-corrected chi connectivity index (χ1v) is 16.7. The molecule has 0 saturated carbocycles. The summed E-state index contributed by atoms with van der Waals surface area (Å²) in [5, 5.41) is 4.22. The van der Waals surface area contributed by atoms with Crippen molar-refractivity contribution in [3.63, 3.8) is 0 Å². The molecule has 0 spiro atoms. The van der Waals surface area contributed by atoms with Crippen LogP contribution in [0.1, 0.15) is 52.2 Å². The highest BCUT2D eigenvalue weighted by atomic mass is 16.1. The fourth-order valence-corrected chi connectivity index (χ4v) is 5.00. The van der Waals surface area contributed by atoms with Gasteiger partial charge in [0.15, 0.2) is 5.43 Å². The summed E-state index contributed by atoms with van der Waals surface area (Å²) >= 11 is 0. The van der Waals surface area contributed by atoms with Gasteiger partial charge in [-0.2, -0.15) is 0 Å². The summed E-state index contributed by atoms with van der Waals surface area (Å²) < 4.78 is 2.19. The predicted octanol–water partition coefficient (Wildman–Crippen LogP) is 12.9.